The lowest BCUT2D eigenvalue weighted by Gasteiger charge is -2.35. The third-order valence-electron chi connectivity index (χ3n) is 7.37. The fourth-order valence-corrected chi connectivity index (χ4v) is 5.75. The Morgan fingerprint density at radius 3 is 2.37 bits per heavy atom. The maximum absolute atomic E-state index is 13.8. The second kappa shape index (κ2) is 10.8. The van der Waals surface area contributed by atoms with Crippen molar-refractivity contribution in [1.29, 1.82) is 0 Å². The highest BCUT2D eigenvalue weighted by molar-refractivity contribution is 6.30. The molecule has 3 N–H and O–H groups in total. The van der Waals surface area contributed by atoms with Gasteiger partial charge in [0.2, 0.25) is 0 Å². The number of nitrogens with two attached hydrogens (primary N) is 1. The van der Waals surface area contributed by atoms with Crippen LogP contribution in [0.15, 0.2) is 54.6 Å². The highest BCUT2D eigenvalue weighted by Crippen LogP contribution is 2.48. The van der Waals surface area contributed by atoms with Crippen LogP contribution >= 0.6 is 11.6 Å². The highest BCUT2D eigenvalue weighted by Gasteiger charge is 2.37. The lowest BCUT2D eigenvalue weighted by molar-refractivity contribution is -0.164. The summed E-state index contributed by atoms with van der Waals surface area (Å²) in [6.45, 7) is 10.7. The normalized spacial score (nSPS) is 13.8. The van der Waals surface area contributed by atoms with Crippen LogP contribution in [0.1, 0.15) is 43.7 Å². The zero-order valence-electron chi connectivity index (χ0n) is 24.2. The lowest BCUT2D eigenvalue weighted by atomic mass is 9.87. The van der Waals surface area contributed by atoms with Gasteiger partial charge in [0.1, 0.15) is 0 Å². The van der Waals surface area contributed by atoms with Gasteiger partial charge in [-0.1, -0.05) is 35.9 Å². The Hall–Kier alpha value is -4.01. The number of esters is 1. The van der Waals surface area contributed by atoms with E-state index in [2.05, 4.69) is 16.0 Å². The monoisotopic (exact) mass is 574 g/mol. The van der Waals surface area contributed by atoms with Gasteiger partial charge in [-0.15, -0.1) is 0 Å². The molecule has 1 aliphatic heterocycles. The van der Waals surface area contributed by atoms with Crippen LogP contribution < -0.4 is 16.0 Å². The van der Waals surface area contributed by atoms with E-state index in [9.17, 15) is 9.59 Å². The number of amides is 2. The van der Waals surface area contributed by atoms with Crippen molar-refractivity contribution in [1.82, 2.24) is 4.57 Å². The smallest absolute Gasteiger partial charge is 0.339 e. The molecule has 0 fully saturated rings. The van der Waals surface area contributed by atoms with Gasteiger partial charge < -0.3 is 25.1 Å². The number of urea groups is 1. The second-order valence-electron chi connectivity index (χ2n) is 11.3. The summed E-state index contributed by atoms with van der Waals surface area (Å²) in [5.41, 5.74) is 12.3. The highest BCUT2D eigenvalue weighted by atomic mass is 35.5. The molecular weight excluding hydrogens is 540 g/mol. The first-order valence-corrected chi connectivity index (χ1v) is 13.9. The number of aromatic nitrogens is 1. The third kappa shape index (κ3) is 5.25. The molecule has 2 heterocycles. The molecule has 1 aromatic heterocycles. The van der Waals surface area contributed by atoms with Gasteiger partial charge in [-0.2, -0.15) is 0 Å². The Labute approximate surface area is 245 Å². The molecule has 5 rings (SSSR count). The quantitative estimate of drug-likeness (QED) is 0.193. The molecule has 0 saturated heterocycles. The molecule has 3 aromatic carbocycles. The molecule has 0 radical (unpaired) electrons. The van der Waals surface area contributed by atoms with Crippen LogP contribution in [-0.2, 0) is 20.8 Å². The number of benzene rings is 3. The first-order chi connectivity index (χ1) is 19.4. The molecule has 214 valence electrons. The molecule has 1 atom stereocenters. The molecule has 1 unspecified atom stereocenters. The number of nitrogen functional groups attached to an aromatic ring is 1. The number of rotatable bonds is 5. The van der Waals surface area contributed by atoms with E-state index in [0.717, 1.165) is 33.3 Å². The Balaban J connectivity index is 1.82. The predicted molar refractivity (Wildman–Crippen MR) is 165 cm³/mol. The SMILES string of the molecule is COC(=O)C(OC(C)(C)C)c1c(C)c2c3c(cc(C)n3CCN2C(=O)Nc2ccccc2N)c1-c1ccc(Cl)cc1. The molecule has 0 saturated carbocycles. The number of anilines is 3. The van der Waals surface area contributed by atoms with Gasteiger partial charge in [-0.05, 0) is 81.6 Å². The summed E-state index contributed by atoms with van der Waals surface area (Å²) in [4.78, 5) is 29.0. The van der Waals surface area contributed by atoms with Crippen LogP contribution in [0.4, 0.5) is 21.9 Å². The summed E-state index contributed by atoms with van der Waals surface area (Å²) in [5, 5.41) is 4.49. The minimum absolute atomic E-state index is 0.311. The van der Waals surface area contributed by atoms with Crippen molar-refractivity contribution in [3.63, 3.8) is 0 Å². The van der Waals surface area contributed by atoms with Gasteiger partial charge >= 0.3 is 12.0 Å². The summed E-state index contributed by atoms with van der Waals surface area (Å²) in [6.07, 6.45) is -1.05. The summed E-state index contributed by atoms with van der Waals surface area (Å²) in [6, 6.07) is 16.5. The number of halogens is 1. The number of hydrogen-bond acceptors (Lipinski definition) is 5. The van der Waals surface area contributed by atoms with Crippen LogP contribution in [-0.4, -0.2) is 35.8 Å². The molecule has 41 heavy (non-hydrogen) atoms. The Bertz CT molecular complexity index is 1650. The van der Waals surface area contributed by atoms with Gasteiger partial charge in [-0.25, -0.2) is 9.59 Å². The maximum atomic E-state index is 13.8. The number of nitrogens with one attached hydrogen (secondary N) is 1. The van der Waals surface area contributed by atoms with Crippen molar-refractivity contribution < 1.29 is 19.1 Å². The average molecular weight is 575 g/mol. The number of para-hydroxylation sites is 2. The maximum Gasteiger partial charge on any atom is 0.339 e. The largest absolute Gasteiger partial charge is 0.467 e. The summed E-state index contributed by atoms with van der Waals surface area (Å²) in [7, 11) is 1.35. The van der Waals surface area contributed by atoms with Crippen LogP contribution in [0, 0.1) is 13.8 Å². The van der Waals surface area contributed by atoms with Gasteiger partial charge in [0.25, 0.3) is 0 Å². The van der Waals surface area contributed by atoms with Gasteiger partial charge in [0.05, 0.1) is 35.3 Å². The molecule has 9 heteroatoms. The molecule has 4 aromatic rings. The zero-order valence-corrected chi connectivity index (χ0v) is 24.9. The standard InChI is InChI=1S/C32H35ClN4O4/c1-18-17-22-26(20-11-13-21(33)14-12-20)25(29(30(38)40-6)41-32(3,4)5)19(2)27-28(22)36(18)15-16-37(27)31(39)35-24-10-8-7-9-23(24)34/h7-14,17,29H,15-16,34H2,1-6H3,(H,35,39). The van der Waals surface area contributed by atoms with Crippen molar-refractivity contribution >= 4 is 51.6 Å². The summed E-state index contributed by atoms with van der Waals surface area (Å²) >= 11 is 6.27. The van der Waals surface area contributed by atoms with Gasteiger partial charge in [0, 0.05) is 34.8 Å². The molecule has 0 spiro atoms. The van der Waals surface area contributed by atoms with Crippen LogP contribution in [0.3, 0.4) is 0 Å². The molecule has 2 amide bonds. The van der Waals surface area contributed by atoms with E-state index in [0.29, 0.717) is 40.7 Å². The van der Waals surface area contributed by atoms with E-state index < -0.39 is 17.7 Å². The molecule has 8 nitrogen and oxygen atoms in total. The fourth-order valence-electron chi connectivity index (χ4n) is 5.63. The van der Waals surface area contributed by atoms with Gasteiger partial charge in [-0.3, -0.25) is 4.90 Å². The lowest BCUT2D eigenvalue weighted by Crippen LogP contribution is -2.41. The number of ether oxygens (including phenoxy) is 2. The van der Waals surface area contributed by atoms with E-state index in [1.54, 1.807) is 17.0 Å². The van der Waals surface area contributed by atoms with Crippen molar-refractivity contribution in [3.8, 4) is 11.1 Å². The molecular formula is C32H35ClN4O4. The first kappa shape index (κ1) is 28.5. The Morgan fingerprint density at radius 1 is 1.05 bits per heavy atom. The zero-order chi connectivity index (χ0) is 29.6. The number of aryl methyl sites for hydroxylation is 1. The van der Waals surface area contributed by atoms with Crippen molar-refractivity contribution in [2.45, 2.75) is 52.9 Å². The second-order valence-corrected chi connectivity index (χ2v) is 11.7. The van der Waals surface area contributed by atoms with Crippen LogP contribution in [0.5, 0.6) is 0 Å². The molecule has 1 aliphatic rings. The number of methoxy groups -OCH3 is 1. The topological polar surface area (TPSA) is 98.8 Å². The first-order valence-electron chi connectivity index (χ1n) is 13.5. The van der Waals surface area contributed by atoms with Crippen molar-refractivity contribution in [2.24, 2.45) is 0 Å². The van der Waals surface area contributed by atoms with E-state index in [-0.39, 0.29) is 6.03 Å². The number of carbonyl (C=O) groups is 2. The fraction of sp³-hybridized carbons (Fsp3) is 0.312. The van der Waals surface area contributed by atoms with Gasteiger partial charge in [0.15, 0.2) is 6.10 Å². The van der Waals surface area contributed by atoms with E-state index in [1.165, 1.54) is 7.11 Å². The third-order valence-corrected chi connectivity index (χ3v) is 7.62. The number of nitrogens with zero attached hydrogens (tertiary/aromatic N) is 2. The van der Waals surface area contributed by atoms with Crippen molar-refractivity contribution in [2.75, 3.05) is 29.6 Å². The predicted octanol–water partition coefficient (Wildman–Crippen LogP) is 7.24. The molecule has 0 aliphatic carbocycles. The number of hydrogen-bond donors (Lipinski definition) is 2. The van der Waals surface area contributed by atoms with E-state index in [4.69, 9.17) is 26.8 Å². The molecule has 0 bridgehead atoms. The van der Waals surface area contributed by atoms with Crippen LogP contribution in [0.2, 0.25) is 5.02 Å². The summed E-state index contributed by atoms with van der Waals surface area (Å²) in [5.74, 6) is -0.523. The van der Waals surface area contributed by atoms with E-state index >= 15 is 0 Å². The minimum Gasteiger partial charge on any atom is -0.467 e. The Kier molecular flexibility index (Phi) is 7.48. The van der Waals surface area contributed by atoms with Crippen LogP contribution in [0.25, 0.3) is 22.0 Å². The number of carbonyl (C=O) groups excluding carboxylic acids is 2. The minimum atomic E-state index is -1.05. The summed E-state index contributed by atoms with van der Waals surface area (Å²) < 4.78 is 13.9. The average Bonchev–Trinajstić information content (AvgIpc) is 3.26. The van der Waals surface area contributed by atoms with Crippen molar-refractivity contribution in [3.05, 3.63) is 76.4 Å². The van der Waals surface area contributed by atoms with E-state index in [1.807, 2.05) is 71.0 Å². The Morgan fingerprint density at radius 2 is 1.73 bits per heavy atom.